The van der Waals surface area contributed by atoms with Crippen LogP contribution in [-0.4, -0.2) is 42.2 Å². The molecule has 2 aromatic rings. The minimum atomic E-state index is -3.18. The first-order chi connectivity index (χ1) is 10.9. The predicted molar refractivity (Wildman–Crippen MR) is 82.5 cm³/mol. The lowest BCUT2D eigenvalue weighted by atomic mass is 9.96. The molecule has 6 nitrogen and oxygen atoms in total. The number of sulfonamides is 1. The van der Waals surface area contributed by atoms with E-state index in [1.165, 1.54) is 16.6 Å². The summed E-state index contributed by atoms with van der Waals surface area (Å²) in [4.78, 5) is 4.24. The summed E-state index contributed by atoms with van der Waals surface area (Å²) in [6.07, 6.45) is 3.43. The molecule has 1 aromatic heterocycles. The van der Waals surface area contributed by atoms with Gasteiger partial charge in [-0.05, 0) is 30.9 Å². The summed E-state index contributed by atoms with van der Waals surface area (Å²) < 4.78 is 43.7. The van der Waals surface area contributed by atoms with E-state index in [0.717, 1.165) is 12.8 Å². The van der Waals surface area contributed by atoms with E-state index in [4.69, 9.17) is 4.52 Å². The molecule has 23 heavy (non-hydrogen) atoms. The van der Waals surface area contributed by atoms with Gasteiger partial charge in [-0.2, -0.15) is 4.98 Å². The van der Waals surface area contributed by atoms with Crippen molar-refractivity contribution < 1.29 is 17.3 Å². The molecule has 0 saturated carbocycles. The van der Waals surface area contributed by atoms with Gasteiger partial charge < -0.3 is 4.52 Å². The molecule has 3 rings (SSSR count). The number of hydrogen-bond donors (Lipinski definition) is 0. The zero-order chi connectivity index (χ0) is 16.4. The van der Waals surface area contributed by atoms with Crippen molar-refractivity contribution in [2.24, 2.45) is 5.92 Å². The number of nitrogens with zero attached hydrogens (tertiary/aromatic N) is 3. The van der Waals surface area contributed by atoms with Crippen LogP contribution in [0.1, 0.15) is 18.7 Å². The molecule has 1 saturated heterocycles. The fourth-order valence-corrected chi connectivity index (χ4v) is 3.77. The van der Waals surface area contributed by atoms with Gasteiger partial charge in [-0.15, -0.1) is 0 Å². The zero-order valence-corrected chi connectivity index (χ0v) is 13.6. The minimum absolute atomic E-state index is 0.132. The third-order valence-electron chi connectivity index (χ3n) is 4.00. The van der Waals surface area contributed by atoms with Crippen LogP contribution in [0.3, 0.4) is 0 Å². The lowest BCUT2D eigenvalue weighted by Crippen LogP contribution is -2.39. The third kappa shape index (κ3) is 3.76. The van der Waals surface area contributed by atoms with Crippen LogP contribution in [0.25, 0.3) is 11.4 Å². The first-order valence-electron chi connectivity index (χ1n) is 7.46. The van der Waals surface area contributed by atoms with Crippen molar-refractivity contribution in [3.8, 4) is 11.4 Å². The van der Waals surface area contributed by atoms with Crippen molar-refractivity contribution in [1.29, 1.82) is 0 Å². The van der Waals surface area contributed by atoms with Crippen molar-refractivity contribution in [1.82, 2.24) is 14.4 Å². The van der Waals surface area contributed by atoms with Gasteiger partial charge in [0.25, 0.3) is 0 Å². The second-order valence-corrected chi connectivity index (χ2v) is 7.81. The molecule has 124 valence electrons. The monoisotopic (exact) mass is 339 g/mol. The molecule has 1 aliphatic heterocycles. The van der Waals surface area contributed by atoms with Crippen molar-refractivity contribution in [3.63, 3.8) is 0 Å². The molecule has 0 radical (unpaired) electrons. The van der Waals surface area contributed by atoms with Crippen molar-refractivity contribution in [2.75, 3.05) is 19.3 Å². The van der Waals surface area contributed by atoms with Gasteiger partial charge in [-0.1, -0.05) is 17.3 Å². The van der Waals surface area contributed by atoms with Gasteiger partial charge in [0.05, 0.1) is 11.8 Å². The molecule has 0 spiro atoms. The Morgan fingerprint density at radius 3 is 2.91 bits per heavy atom. The molecule has 1 fully saturated rings. The van der Waals surface area contributed by atoms with Gasteiger partial charge in [0.2, 0.25) is 21.7 Å². The highest BCUT2D eigenvalue weighted by Gasteiger charge is 2.27. The van der Waals surface area contributed by atoms with Crippen LogP contribution in [0, 0.1) is 11.7 Å². The minimum Gasteiger partial charge on any atom is -0.339 e. The molecule has 0 unspecified atom stereocenters. The number of rotatable bonds is 4. The van der Waals surface area contributed by atoms with E-state index in [1.807, 2.05) is 0 Å². The molecule has 0 N–H and O–H groups in total. The van der Waals surface area contributed by atoms with Crippen molar-refractivity contribution >= 4 is 10.0 Å². The van der Waals surface area contributed by atoms with Crippen LogP contribution >= 0.6 is 0 Å². The quantitative estimate of drug-likeness (QED) is 0.852. The number of halogens is 1. The topological polar surface area (TPSA) is 76.3 Å². The maximum absolute atomic E-state index is 13.7. The van der Waals surface area contributed by atoms with E-state index in [0.29, 0.717) is 31.0 Å². The number of benzene rings is 1. The van der Waals surface area contributed by atoms with E-state index in [2.05, 4.69) is 10.1 Å². The third-order valence-corrected chi connectivity index (χ3v) is 5.27. The number of piperidine rings is 1. The van der Waals surface area contributed by atoms with Crippen LogP contribution in [0.15, 0.2) is 28.8 Å². The maximum Gasteiger partial charge on any atom is 0.227 e. The predicted octanol–water partition coefficient (Wildman–Crippen LogP) is 2.09. The molecular formula is C15H18FN3O3S. The molecular weight excluding hydrogens is 321 g/mol. The smallest absolute Gasteiger partial charge is 0.227 e. The summed E-state index contributed by atoms with van der Waals surface area (Å²) in [5, 5.41) is 3.82. The Balaban J connectivity index is 1.71. The molecule has 1 atom stereocenters. The van der Waals surface area contributed by atoms with Crippen LogP contribution in [-0.2, 0) is 16.4 Å². The Morgan fingerprint density at radius 2 is 2.17 bits per heavy atom. The highest BCUT2D eigenvalue weighted by atomic mass is 32.2. The number of aromatic nitrogens is 2. The Bertz CT molecular complexity index is 791. The highest BCUT2D eigenvalue weighted by molar-refractivity contribution is 7.88. The summed E-state index contributed by atoms with van der Waals surface area (Å²) in [7, 11) is -3.18. The summed E-state index contributed by atoms with van der Waals surface area (Å²) in [6, 6.07) is 6.24. The van der Waals surface area contributed by atoms with Gasteiger partial charge in [0, 0.05) is 19.5 Å². The Morgan fingerprint density at radius 1 is 1.39 bits per heavy atom. The van der Waals surface area contributed by atoms with Crippen molar-refractivity contribution in [2.45, 2.75) is 19.3 Å². The Kier molecular flexibility index (Phi) is 4.45. The standard InChI is InChI=1S/C15H18FN3O3S/c1-23(20,21)19-8-4-5-11(10-19)9-14-17-15(18-22-14)12-6-2-3-7-13(12)16/h2-3,6-7,11H,4-5,8-10H2,1H3/t11-/m0/s1. The molecule has 8 heteroatoms. The second kappa shape index (κ2) is 6.37. The maximum atomic E-state index is 13.7. The van der Waals surface area contributed by atoms with Gasteiger partial charge in [0.15, 0.2) is 0 Å². The first kappa shape index (κ1) is 16.1. The zero-order valence-electron chi connectivity index (χ0n) is 12.8. The summed E-state index contributed by atoms with van der Waals surface area (Å²) in [5.41, 5.74) is 0.295. The number of hydrogen-bond acceptors (Lipinski definition) is 5. The molecule has 1 aromatic carbocycles. The fraction of sp³-hybridized carbons (Fsp3) is 0.467. The van der Waals surface area contributed by atoms with Crippen LogP contribution in [0.2, 0.25) is 0 Å². The highest BCUT2D eigenvalue weighted by Crippen LogP contribution is 2.24. The fourth-order valence-electron chi connectivity index (χ4n) is 2.83. The van der Waals surface area contributed by atoms with E-state index in [9.17, 15) is 12.8 Å². The average Bonchev–Trinajstić information content (AvgIpc) is 2.95. The summed E-state index contributed by atoms with van der Waals surface area (Å²) in [5.74, 6) is 0.352. The normalized spacial score (nSPS) is 19.8. The molecule has 1 aliphatic rings. The van der Waals surface area contributed by atoms with Gasteiger partial charge in [-0.25, -0.2) is 17.1 Å². The van der Waals surface area contributed by atoms with Crippen LogP contribution in [0.5, 0.6) is 0 Å². The Labute approximate surface area is 134 Å². The van der Waals surface area contributed by atoms with Crippen LogP contribution < -0.4 is 0 Å². The molecule has 0 aliphatic carbocycles. The van der Waals surface area contributed by atoms with Crippen molar-refractivity contribution in [3.05, 3.63) is 36.0 Å². The van der Waals surface area contributed by atoms with Gasteiger partial charge >= 0.3 is 0 Å². The molecule has 0 amide bonds. The SMILES string of the molecule is CS(=O)(=O)N1CCC[C@@H](Cc2nc(-c3ccccc3F)no2)C1. The summed E-state index contributed by atoms with van der Waals surface area (Å²) in [6.45, 7) is 1.01. The van der Waals surface area contributed by atoms with E-state index >= 15 is 0 Å². The lowest BCUT2D eigenvalue weighted by Gasteiger charge is -2.30. The first-order valence-corrected chi connectivity index (χ1v) is 9.31. The lowest BCUT2D eigenvalue weighted by molar-refractivity contribution is 0.248. The Hall–Kier alpha value is -1.80. The van der Waals surface area contributed by atoms with E-state index in [1.54, 1.807) is 18.2 Å². The van der Waals surface area contributed by atoms with E-state index in [-0.39, 0.29) is 11.7 Å². The molecule has 2 heterocycles. The van der Waals surface area contributed by atoms with Crippen LogP contribution in [0.4, 0.5) is 4.39 Å². The summed E-state index contributed by atoms with van der Waals surface area (Å²) >= 11 is 0. The van der Waals surface area contributed by atoms with Gasteiger partial charge in [-0.3, -0.25) is 0 Å². The van der Waals surface area contributed by atoms with E-state index < -0.39 is 15.8 Å². The van der Waals surface area contributed by atoms with Gasteiger partial charge in [0.1, 0.15) is 5.82 Å². The average molecular weight is 339 g/mol. The largest absolute Gasteiger partial charge is 0.339 e. The second-order valence-electron chi connectivity index (χ2n) is 5.82. The molecule has 0 bridgehead atoms.